The largest absolute Gasteiger partial charge is 0.0725 e. The number of rotatable bonds is 8. The van der Waals surface area contributed by atoms with E-state index in [4.69, 9.17) is 0 Å². The molecule has 0 saturated carbocycles. The first-order valence-corrected chi connectivity index (χ1v) is 26.4. The van der Waals surface area contributed by atoms with Gasteiger partial charge < -0.3 is 0 Å². The van der Waals surface area contributed by atoms with Crippen LogP contribution in [0.4, 0.5) is 0 Å². The predicted octanol–water partition coefficient (Wildman–Crippen LogP) is 19.0. The van der Waals surface area contributed by atoms with Crippen LogP contribution in [-0.4, -0.2) is 0 Å². The quantitative estimate of drug-likeness (QED) is 0.142. The zero-order valence-corrected chi connectivity index (χ0v) is 42.5. The van der Waals surface area contributed by atoms with E-state index >= 15 is 0 Å². The molecule has 0 aromatic heterocycles. The van der Waals surface area contributed by atoms with Crippen LogP contribution in [0.3, 0.4) is 0 Å². The third-order valence-corrected chi connectivity index (χ3v) is 17.2. The van der Waals surface area contributed by atoms with Gasteiger partial charge >= 0.3 is 0 Å². The molecule has 0 heteroatoms. The number of aryl methyl sites for hydroxylation is 2. The second-order valence-electron chi connectivity index (χ2n) is 21.6. The van der Waals surface area contributed by atoms with Gasteiger partial charge in [-0.05, 0) is 171 Å². The van der Waals surface area contributed by atoms with E-state index in [1.54, 1.807) is 0 Å². The molecule has 0 N–H and O–H groups in total. The molecule has 1 spiro atoms. The molecular formula is C74H56. The Balaban J connectivity index is 0.972. The van der Waals surface area contributed by atoms with Gasteiger partial charge in [-0.1, -0.05) is 250 Å². The lowest BCUT2D eigenvalue weighted by Gasteiger charge is -2.32. The van der Waals surface area contributed by atoms with Crippen LogP contribution in [0.1, 0.15) is 81.0 Å². The SMILES string of the molecule is Cc1cc(-c2ccccc2)cc(C)c1C(Cc1ccc2c(c1)C(C)(C)c1ccccc1-2)c1ccc2c(c1)C1(c3ccccc3-c3ccccc31)c1ccc(-c3ccc(-c4ccccc4)c(-c4ccccc4)c3)cc1-2. The summed E-state index contributed by atoms with van der Waals surface area (Å²) in [6, 6.07) is 94.2. The molecule has 0 bridgehead atoms. The van der Waals surface area contributed by atoms with Gasteiger partial charge in [-0.15, -0.1) is 0 Å². The second-order valence-corrected chi connectivity index (χ2v) is 21.6. The Hall–Kier alpha value is -8.58. The summed E-state index contributed by atoms with van der Waals surface area (Å²) in [5, 5.41) is 0. The monoisotopic (exact) mass is 944 g/mol. The standard InChI is InChI=1S/C74H56/c1-47-40-56(50-20-8-5-9-21-50)41-48(2)72(47)64(42-49-32-36-61-58-26-14-17-29-66(58)73(3,4)70(61)43-49)55-34-38-62-65-45-54(53-33-37-57(51-22-10-6-11-23-51)63(44-53)52-24-12-7-13-25-52)35-39-69(65)74(71(62)46-55)67-30-18-15-27-59(67)60-28-16-19-31-68(60)74/h5-41,43-46,64H,42H2,1-4H3. The summed E-state index contributed by atoms with van der Waals surface area (Å²) in [5.74, 6) is 0.0952. The number of fused-ring (bicyclic) bond motifs is 13. The molecule has 1 unspecified atom stereocenters. The molecule has 3 aliphatic rings. The highest BCUT2D eigenvalue weighted by atomic mass is 14.5. The predicted molar refractivity (Wildman–Crippen MR) is 310 cm³/mol. The normalized spacial score (nSPS) is 14.2. The van der Waals surface area contributed by atoms with Crippen LogP contribution >= 0.6 is 0 Å². The van der Waals surface area contributed by atoms with E-state index in [2.05, 4.69) is 276 Å². The molecule has 11 aromatic rings. The number of hydrogen-bond acceptors (Lipinski definition) is 0. The lowest BCUT2D eigenvalue weighted by Crippen LogP contribution is -2.26. The van der Waals surface area contributed by atoms with E-state index in [1.807, 2.05) is 0 Å². The third-order valence-electron chi connectivity index (χ3n) is 17.2. The fourth-order valence-electron chi connectivity index (χ4n) is 13.8. The highest BCUT2D eigenvalue weighted by Crippen LogP contribution is 2.63. The maximum Gasteiger partial charge on any atom is 0.0725 e. The zero-order chi connectivity index (χ0) is 49.7. The van der Waals surface area contributed by atoms with Gasteiger partial charge in [0.25, 0.3) is 0 Å². The average Bonchev–Trinajstić information content (AvgIpc) is 4.03. The molecule has 0 nitrogen and oxygen atoms in total. The fraction of sp³-hybridized carbons (Fsp3) is 0.108. The molecule has 0 radical (unpaired) electrons. The lowest BCUT2D eigenvalue weighted by atomic mass is 9.69. The van der Waals surface area contributed by atoms with Gasteiger partial charge in [-0.25, -0.2) is 0 Å². The van der Waals surface area contributed by atoms with E-state index in [1.165, 1.54) is 139 Å². The van der Waals surface area contributed by atoms with Gasteiger partial charge in [0.05, 0.1) is 5.41 Å². The second kappa shape index (κ2) is 17.0. The molecule has 0 fully saturated rings. The van der Waals surface area contributed by atoms with Crippen LogP contribution in [0, 0.1) is 13.8 Å². The molecule has 11 aromatic carbocycles. The molecule has 0 heterocycles. The Kier molecular flexibility index (Phi) is 10.1. The van der Waals surface area contributed by atoms with Crippen LogP contribution in [0.2, 0.25) is 0 Å². The van der Waals surface area contributed by atoms with Gasteiger partial charge in [0.15, 0.2) is 0 Å². The summed E-state index contributed by atoms with van der Waals surface area (Å²) in [4.78, 5) is 0. The number of hydrogen-bond donors (Lipinski definition) is 0. The van der Waals surface area contributed by atoms with Crippen molar-refractivity contribution in [2.24, 2.45) is 0 Å². The average molecular weight is 945 g/mol. The van der Waals surface area contributed by atoms with Crippen molar-refractivity contribution in [1.82, 2.24) is 0 Å². The van der Waals surface area contributed by atoms with Crippen molar-refractivity contribution >= 4 is 0 Å². The molecule has 14 rings (SSSR count). The van der Waals surface area contributed by atoms with Crippen LogP contribution in [0.15, 0.2) is 249 Å². The van der Waals surface area contributed by atoms with E-state index < -0.39 is 5.41 Å². The Morgan fingerprint density at radius 2 is 0.757 bits per heavy atom. The summed E-state index contributed by atoms with van der Waals surface area (Å²) < 4.78 is 0. The number of benzene rings is 11. The first kappa shape index (κ1) is 44.1. The van der Waals surface area contributed by atoms with Crippen molar-refractivity contribution < 1.29 is 0 Å². The van der Waals surface area contributed by atoms with Gasteiger partial charge in [-0.2, -0.15) is 0 Å². The molecule has 1 atom stereocenters. The molecule has 0 saturated heterocycles. The van der Waals surface area contributed by atoms with E-state index in [9.17, 15) is 0 Å². The Bertz CT molecular complexity index is 3950. The van der Waals surface area contributed by atoms with Gasteiger partial charge in [0, 0.05) is 11.3 Å². The van der Waals surface area contributed by atoms with Crippen molar-refractivity contribution in [2.45, 2.75) is 50.9 Å². The Labute approximate surface area is 436 Å². The zero-order valence-electron chi connectivity index (χ0n) is 42.5. The smallest absolute Gasteiger partial charge is 0.0622 e. The van der Waals surface area contributed by atoms with Crippen molar-refractivity contribution in [3.8, 4) is 77.9 Å². The van der Waals surface area contributed by atoms with Gasteiger partial charge in [0.1, 0.15) is 0 Å². The minimum atomic E-state index is -0.492. The molecular weight excluding hydrogens is 889 g/mol. The van der Waals surface area contributed by atoms with E-state index in [-0.39, 0.29) is 11.3 Å². The molecule has 74 heavy (non-hydrogen) atoms. The summed E-state index contributed by atoms with van der Waals surface area (Å²) in [5.41, 5.74) is 32.4. The lowest BCUT2D eigenvalue weighted by molar-refractivity contribution is 0.658. The summed E-state index contributed by atoms with van der Waals surface area (Å²) >= 11 is 0. The van der Waals surface area contributed by atoms with Gasteiger partial charge in [0.2, 0.25) is 0 Å². The maximum absolute atomic E-state index is 2.64. The van der Waals surface area contributed by atoms with E-state index in [0.29, 0.717) is 0 Å². The molecule has 352 valence electrons. The first-order chi connectivity index (χ1) is 36.3. The Morgan fingerprint density at radius 3 is 1.39 bits per heavy atom. The highest BCUT2D eigenvalue weighted by Gasteiger charge is 2.52. The van der Waals surface area contributed by atoms with Crippen molar-refractivity contribution in [3.63, 3.8) is 0 Å². The van der Waals surface area contributed by atoms with Crippen LogP contribution in [-0.2, 0) is 17.3 Å². The Morgan fingerprint density at radius 1 is 0.297 bits per heavy atom. The van der Waals surface area contributed by atoms with Crippen molar-refractivity contribution in [3.05, 3.63) is 310 Å². The first-order valence-electron chi connectivity index (χ1n) is 26.4. The van der Waals surface area contributed by atoms with Crippen molar-refractivity contribution in [1.29, 1.82) is 0 Å². The fourth-order valence-corrected chi connectivity index (χ4v) is 13.8. The maximum atomic E-state index is 2.64. The van der Waals surface area contributed by atoms with Gasteiger partial charge in [-0.3, -0.25) is 0 Å². The minimum Gasteiger partial charge on any atom is -0.0622 e. The van der Waals surface area contributed by atoms with Crippen molar-refractivity contribution in [2.75, 3.05) is 0 Å². The third kappa shape index (κ3) is 6.67. The molecule has 3 aliphatic carbocycles. The molecule has 0 amide bonds. The topological polar surface area (TPSA) is 0 Å². The highest BCUT2D eigenvalue weighted by molar-refractivity contribution is 5.97. The van der Waals surface area contributed by atoms with E-state index in [0.717, 1.165) is 6.42 Å². The summed E-state index contributed by atoms with van der Waals surface area (Å²) in [7, 11) is 0. The minimum absolute atomic E-state index is 0.0819. The van der Waals surface area contributed by atoms with Crippen LogP contribution in [0.25, 0.3) is 77.9 Å². The molecule has 0 aliphatic heterocycles. The summed E-state index contributed by atoms with van der Waals surface area (Å²) in [6.07, 6.45) is 0.880. The van der Waals surface area contributed by atoms with Crippen LogP contribution < -0.4 is 0 Å². The van der Waals surface area contributed by atoms with Crippen LogP contribution in [0.5, 0.6) is 0 Å². The summed E-state index contributed by atoms with van der Waals surface area (Å²) in [6.45, 7) is 9.49.